The SMILES string of the molecule is O=C([C@@H]1CCCN(Cc2ccnc(N3CCOCC3)n2)C1)N1CCCCCC1. The smallest absolute Gasteiger partial charge is 0.226 e. The molecule has 154 valence electrons. The van der Waals surface area contributed by atoms with Gasteiger partial charge in [0.1, 0.15) is 0 Å². The predicted octanol–water partition coefficient (Wildman–Crippen LogP) is 1.93. The third-order valence-electron chi connectivity index (χ3n) is 6.15. The number of anilines is 1. The molecule has 3 aliphatic heterocycles. The molecule has 1 atom stereocenters. The summed E-state index contributed by atoms with van der Waals surface area (Å²) in [6.07, 6.45) is 8.82. The molecule has 0 aromatic carbocycles. The molecule has 1 amide bonds. The minimum Gasteiger partial charge on any atom is -0.378 e. The van der Waals surface area contributed by atoms with E-state index < -0.39 is 0 Å². The Morgan fingerprint density at radius 1 is 1.04 bits per heavy atom. The molecule has 0 bridgehead atoms. The number of nitrogens with zero attached hydrogens (tertiary/aromatic N) is 5. The van der Waals surface area contributed by atoms with E-state index >= 15 is 0 Å². The molecule has 3 aliphatic rings. The molecule has 4 rings (SSSR count). The fraction of sp³-hybridized carbons (Fsp3) is 0.762. The lowest BCUT2D eigenvalue weighted by atomic mass is 9.96. The molecule has 1 aromatic rings. The predicted molar refractivity (Wildman–Crippen MR) is 108 cm³/mol. The topological polar surface area (TPSA) is 61.8 Å². The van der Waals surface area contributed by atoms with Gasteiger partial charge in [-0.2, -0.15) is 0 Å². The van der Waals surface area contributed by atoms with Gasteiger partial charge in [-0.15, -0.1) is 0 Å². The Morgan fingerprint density at radius 2 is 1.82 bits per heavy atom. The van der Waals surface area contributed by atoms with Gasteiger partial charge in [-0.25, -0.2) is 9.97 Å². The minimum absolute atomic E-state index is 0.146. The molecule has 28 heavy (non-hydrogen) atoms. The molecule has 3 fully saturated rings. The monoisotopic (exact) mass is 387 g/mol. The number of ether oxygens (including phenoxy) is 1. The van der Waals surface area contributed by atoms with E-state index in [1.807, 2.05) is 12.3 Å². The quantitative estimate of drug-likeness (QED) is 0.787. The van der Waals surface area contributed by atoms with E-state index in [-0.39, 0.29) is 5.92 Å². The first-order chi connectivity index (χ1) is 13.8. The first kappa shape index (κ1) is 19.6. The Kier molecular flexibility index (Phi) is 6.75. The summed E-state index contributed by atoms with van der Waals surface area (Å²) in [4.78, 5) is 29.0. The van der Waals surface area contributed by atoms with E-state index in [1.54, 1.807) is 0 Å². The normalized spacial score (nSPS) is 24.8. The number of likely N-dealkylation sites (tertiary alicyclic amines) is 2. The summed E-state index contributed by atoms with van der Waals surface area (Å²) >= 11 is 0. The van der Waals surface area contributed by atoms with Crippen LogP contribution in [0.2, 0.25) is 0 Å². The number of carbonyl (C=O) groups is 1. The van der Waals surface area contributed by atoms with E-state index in [0.717, 1.165) is 96.4 Å². The number of hydrogen-bond donors (Lipinski definition) is 0. The van der Waals surface area contributed by atoms with Crippen LogP contribution in [0.5, 0.6) is 0 Å². The molecule has 4 heterocycles. The maximum atomic E-state index is 13.0. The fourth-order valence-electron chi connectivity index (χ4n) is 4.57. The van der Waals surface area contributed by atoms with E-state index in [9.17, 15) is 4.79 Å². The zero-order valence-corrected chi connectivity index (χ0v) is 16.9. The van der Waals surface area contributed by atoms with Gasteiger partial charge in [-0.1, -0.05) is 12.8 Å². The molecule has 1 aromatic heterocycles. The fourth-order valence-corrected chi connectivity index (χ4v) is 4.57. The van der Waals surface area contributed by atoms with Gasteiger partial charge in [0.2, 0.25) is 11.9 Å². The summed E-state index contributed by atoms with van der Waals surface area (Å²) < 4.78 is 5.42. The van der Waals surface area contributed by atoms with Crippen molar-refractivity contribution in [2.45, 2.75) is 45.1 Å². The van der Waals surface area contributed by atoms with Crippen LogP contribution in [0, 0.1) is 5.92 Å². The second kappa shape index (κ2) is 9.65. The lowest BCUT2D eigenvalue weighted by molar-refractivity contribution is -0.137. The maximum Gasteiger partial charge on any atom is 0.226 e. The molecule has 0 spiro atoms. The van der Waals surface area contributed by atoms with Crippen LogP contribution >= 0.6 is 0 Å². The Hall–Kier alpha value is -1.73. The molecule has 0 unspecified atom stereocenters. The Balaban J connectivity index is 1.35. The Morgan fingerprint density at radius 3 is 2.61 bits per heavy atom. The van der Waals surface area contributed by atoms with Crippen LogP contribution in [-0.2, 0) is 16.1 Å². The number of morpholine rings is 1. The zero-order chi connectivity index (χ0) is 19.2. The third-order valence-corrected chi connectivity index (χ3v) is 6.15. The second-order valence-corrected chi connectivity index (χ2v) is 8.26. The van der Waals surface area contributed by atoms with Crippen LogP contribution in [-0.4, -0.2) is 78.2 Å². The molecule has 7 nitrogen and oxygen atoms in total. The van der Waals surface area contributed by atoms with Crippen molar-refractivity contribution in [1.82, 2.24) is 19.8 Å². The Bertz CT molecular complexity index is 641. The minimum atomic E-state index is 0.146. The largest absolute Gasteiger partial charge is 0.378 e. The van der Waals surface area contributed by atoms with Gasteiger partial charge in [0.25, 0.3) is 0 Å². The summed E-state index contributed by atoms with van der Waals surface area (Å²) in [5.74, 6) is 1.32. The molecule has 0 radical (unpaired) electrons. The van der Waals surface area contributed by atoms with Crippen molar-refractivity contribution in [3.8, 4) is 0 Å². The first-order valence-electron chi connectivity index (χ1n) is 11.0. The van der Waals surface area contributed by atoms with E-state index in [1.165, 1.54) is 12.8 Å². The van der Waals surface area contributed by atoms with Crippen molar-refractivity contribution in [1.29, 1.82) is 0 Å². The molecular weight excluding hydrogens is 354 g/mol. The van der Waals surface area contributed by atoms with E-state index in [2.05, 4.69) is 19.7 Å². The number of piperidine rings is 1. The van der Waals surface area contributed by atoms with Crippen molar-refractivity contribution in [2.24, 2.45) is 5.92 Å². The number of rotatable bonds is 4. The van der Waals surface area contributed by atoms with Crippen molar-refractivity contribution >= 4 is 11.9 Å². The van der Waals surface area contributed by atoms with Crippen molar-refractivity contribution < 1.29 is 9.53 Å². The van der Waals surface area contributed by atoms with Gasteiger partial charge in [-0.3, -0.25) is 9.69 Å². The van der Waals surface area contributed by atoms with E-state index in [0.29, 0.717) is 5.91 Å². The number of carbonyl (C=O) groups excluding carboxylic acids is 1. The highest BCUT2D eigenvalue weighted by molar-refractivity contribution is 5.79. The maximum absolute atomic E-state index is 13.0. The molecule has 7 heteroatoms. The molecule has 0 aliphatic carbocycles. The summed E-state index contributed by atoms with van der Waals surface area (Å²) in [7, 11) is 0. The van der Waals surface area contributed by atoms with Crippen LogP contribution in [0.3, 0.4) is 0 Å². The van der Waals surface area contributed by atoms with Crippen molar-refractivity contribution in [3.05, 3.63) is 18.0 Å². The van der Waals surface area contributed by atoms with Crippen molar-refractivity contribution in [3.63, 3.8) is 0 Å². The summed E-state index contributed by atoms with van der Waals surface area (Å²) in [6, 6.07) is 2.00. The summed E-state index contributed by atoms with van der Waals surface area (Å²) in [6.45, 7) is 7.75. The summed E-state index contributed by atoms with van der Waals surface area (Å²) in [5, 5.41) is 0. The highest BCUT2D eigenvalue weighted by Gasteiger charge is 2.29. The summed E-state index contributed by atoms with van der Waals surface area (Å²) in [5.41, 5.74) is 1.04. The first-order valence-corrected chi connectivity index (χ1v) is 11.0. The highest BCUT2D eigenvalue weighted by Crippen LogP contribution is 2.22. The zero-order valence-electron chi connectivity index (χ0n) is 16.9. The van der Waals surface area contributed by atoms with E-state index in [4.69, 9.17) is 9.72 Å². The van der Waals surface area contributed by atoms with Gasteiger partial charge >= 0.3 is 0 Å². The lowest BCUT2D eigenvalue weighted by Gasteiger charge is -2.34. The number of amides is 1. The van der Waals surface area contributed by atoms with Crippen LogP contribution in [0.4, 0.5) is 5.95 Å². The second-order valence-electron chi connectivity index (χ2n) is 8.26. The van der Waals surface area contributed by atoms with Gasteiger partial charge < -0.3 is 14.5 Å². The van der Waals surface area contributed by atoms with Crippen LogP contribution < -0.4 is 4.90 Å². The van der Waals surface area contributed by atoms with Crippen LogP contribution in [0.15, 0.2) is 12.3 Å². The molecular formula is C21H33N5O2. The average Bonchev–Trinajstić information content (AvgIpc) is 3.04. The van der Waals surface area contributed by atoms with Crippen LogP contribution in [0.25, 0.3) is 0 Å². The highest BCUT2D eigenvalue weighted by atomic mass is 16.5. The van der Waals surface area contributed by atoms with Gasteiger partial charge in [0.15, 0.2) is 0 Å². The third kappa shape index (κ3) is 5.00. The lowest BCUT2D eigenvalue weighted by Crippen LogP contribution is -2.45. The standard InChI is InChI=1S/C21H33N5O2/c27-20(25-10-3-1-2-4-11-25)18-6-5-9-24(16-18)17-19-7-8-22-21(23-19)26-12-14-28-15-13-26/h7-8,18H,1-6,9-17H2/t18-/m1/s1. The molecule has 0 saturated carbocycles. The molecule has 3 saturated heterocycles. The van der Waals surface area contributed by atoms with Crippen LogP contribution in [0.1, 0.15) is 44.2 Å². The number of hydrogen-bond acceptors (Lipinski definition) is 6. The molecule has 0 N–H and O–H groups in total. The average molecular weight is 388 g/mol. The number of aromatic nitrogens is 2. The van der Waals surface area contributed by atoms with Gasteiger partial charge in [0, 0.05) is 45.5 Å². The van der Waals surface area contributed by atoms with Gasteiger partial charge in [-0.05, 0) is 38.3 Å². The van der Waals surface area contributed by atoms with Gasteiger partial charge in [0.05, 0.1) is 24.8 Å². The van der Waals surface area contributed by atoms with Crippen molar-refractivity contribution in [2.75, 3.05) is 57.4 Å². The Labute approximate surface area is 168 Å².